The molecule has 0 aliphatic rings. The van der Waals surface area contributed by atoms with Gasteiger partial charge in [0.25, 0.3) is 0 Å². The van der Waals surface area contributed by atoms with Gasteiger partial charge in [-0.05, 0) is 31.1 Å². The Morgan fingerprint density at radius 3 is 2.41 bits per heavy atom. The van der Waals surface area contributed by atoms with E-state index in [9.17, 15) is 0 Å². The molecule has 0 aromatic heterocycles. The van der Waals surface area contributed by atoms with Crippen LogP contribution in [0.5, 0.6) is 0 Å². The van der Waals surface area contributed by atoms with Crippen molar-refractivity contribution in [3.8, 4) is 0 Å². The molecule has 1 rings (SSSR count). The number of nitrogens with one attached hydrogen (secondary N) is 2. The zero-order chi connectivity index (χ0) is 16.4. The summed E-state index contributed by atoms with van der Waals surface area (Å²) in [5, 5.41) is 6.81. The normalized spacial score (nSPS) is 12.0. The molecule has 0 atom stereocenters. The minimum Gasteiger partial charge on any atom is -0.356 e. The van der Waals surface area contributed by atoms with E-state index >= 15 is 0 Å². The Morgan fingerprint density at radius 1 is 1.14 bits per heavy atom. The number of aliphatic imine (C=N–C) groups is 1. The molecule has 0 spiro atoms. The molecular weight excluding hydrogens is 272 g/mol. The topological polar surface area (TPSA) is 39.7 Å². The molecule has 0 saturated heterocycles. The highest BCUT2D eigenvalue weighted by atomic mass is 15.2. The smallest absolute Gasteiger partial charge is 0.191 e. The summed E-state index contributed by atoms with van der Waals surface area (Å²) in [5.41, 5.74) is 2.62. The molecule has 0 bridgehead atoms. The van der Waals surface area contributed by atoms with E-state index in [0.717, 1.165) is 25.6 Å². The van der Waals surface area contributed by atoms with E-state index in [4.69, 9.17) is 0 Å². The second-order valence-electron chi connectivity index (χ2n) is 6.05. The minimum atomic E-state index is 0.710. The van der Waals surface area contributed by atoms with Crippen LogP contribution < -0.4 is 10.6 Å². The Hall–Kier alpha value is -1.55. The molecule has 0 aliphatic heterocycles. The van der Waals surface area contributed by atoms with E-state index in [2.05, 4.69) is 72.7 Å². The largest absolute Gasteiger partial charge is 0.356 e. The second kappa shape index (κ2) is 10.2. The summed E-state index contributed by atoms with van der Waals surface area (Å²) in [6.45, 7) is 7.22. The van der Waals surface area contributed by atoms with Crippen LogP contribution in [-0.4, -0.2) is 38.5 Å². The summed E-state index contributed by atoms with van der Waals surface area (Å²) >= 11 is 0. The van der Waals surface area contributed by atoms with Crippen molar-refractivity contribution >= 4 is 5.96 Å². The van der Waals surface area contributed by atoms with E-state index in [1.165, 1.54) is 24.0 Å². The van der Waals surface area contributed by atoms with Gasteiger partial charge in [-0.2, -0.15) is 0 Å². The third kappa shape index (κ3) is 6.94. The lowest BCUT2D eigenvalue weighted by atomic mass is 10.0. The van der Waals surface area contributed by atoms with Gasteiger partial charge in [0.15, 0.2) is 5.96 Å². The Balaban J connectivity index is 2.49. The number of guanidine groups is 1. The molecule has 0 unspecified atom stereocenters. The summed E-state index contributed by atoms with van der Waals surface area (Å²) in [5.74, 6) is 1.59. The lowest BCUT2D eigenvalue weighted by Gasteiger charge is -2.17. The van der Waals surface area contributed by atoms with Crippen LogP contribution >= 0.6 is 0 Å². The average Bonchev–Trinajstić information content (AvgIpc) is 2.51. The van der Waals surface area contributed by atoms with Gasteiger partial charge < -0.3 is 15.5 Å². The Labute approximate surface area is 136 Å². The SMILES string of the molecule is CCC(CC)CNC(=NC)NCc1cccc(CN(C)C)c1. The first-order valence-electron chi connectivity index (χ1n) is 8.26. The summed E-state index contributed by atoms with van der Waals surface area (Å²) in [4.78, 5) is 6.48. The minimum absolute atomic E-state index is 0.710. The van der Waals surface area contributed by atoms with Crippen molar-refractivity contribution in [2.24, 2.45) is 10.9 Å². The number of hydrogen-bond donors (Lipinski definition) is 2. The summed E-state index contributed by atoms with van der Waals surface area (Å²) in [6.07, 6.45) is 2.40. The van der Waals surface area contributed by atoms with Gasteiger partial charge in [0.05, 0.1) is 0 Å². The van der Waals surface area contributed by atoms with Gasteiger partial charge in [-0.3, -0.25) is 4.99 Å². The van der Waals surface area contributed by atoms with Crippen LogP contribution in [0.3, 0.4) is 0 Å². The molecule has 0 fully saturated rings. The summed E-state index contributed by atoms with van der Waals surface area (Å²) in [7, 11) is 6.01. The summed E-state index contributed by atoms with van der Waals surface area (Å²) < 4.78 is 0. The van der Waals surface area contributed by atoms with Crippen molar-refractivity contribution in [1.29, 1.82) is 0 Å². The fourth-order valence-corrected chi connectivity index (χ4v) is 2.43. The van der Waals surface area contributed by atoms with Crippen LogP contribution in [0.1, 0.15) is 37.8 Å². The lowest BCUT2D eigenvalue weighted by molar-refractivity contribution is 0.402. The predicted octanol–water partition coefficient (Wildman–Crippen LogP) is 2.85. The number of nitrogens with zero attached hydrogens (tertiary/aromatic N) is 2. The Morgan fingerprint density at radius 2 is 1.82 bits per heavy atom. The predicted molar refractivity (Wildman–Crippen MR) is 96.1 cm³/mol. The highest BCUT2D eigenvalue weighted by molar-refractivity contribution is 5.79. The molecule has 0 aliphatic carbocycles. The van der Waals surface area contributed by atoms with E-state index in [1.807, 2.05) is 7.05 Å². The van der Waals surface area contributed by atoms with Crippen molar-refractivity contribution in [3.05, 3.63) is 35.4 Å². The summed E-state index contributed by atoms with van der Waals surface area (Å²) in [6, 6.07) is 8.70. The molecule has 0 amide bonds. The van der Waals surface area contributed by atoms with Crippen LogP contribution in [0.25, 0.3) is 0 Å². The van der Waals surface area contributed by atoms with Crippen molar-refractivity contribution in [2.75, 3.05) is 27.7 Å². The molecule has 1 aromatic carbocycles. The maximum Gasteiger partial charge on any atom is 0.191 e. The fraction of sp³-hybridized carbons (Fsp3) is 0.611. The van der Waals surface area contributed by atoms with Gasteiger partial charge in [-0.1, -0.05) is 51.0 Å². The van der Waals surface area contributed by atoms with Crippen molar-refractivity contribution in [2.45, 2.75) is 39.8 Å². The quantitative estimate of drug-likeness (QED) is 0.573. The maximum atomic E-state index is 4.30. The molecule has 4 nitrogen and oxygen atoms in total. The van der Waals surface area contributed by atoms with E-state index in [0.29, 0.717) is 5.92 Å². The van der Waals surface area contributed by atoms with Crippen LogP contribution in [0.4, 0.5) is 0 Å². The fourth-order valence-electron chi connectivity index (χ4n) is 2.43. The molecule has 1 aromatic rings. The van der Waals surface area contributed by atoms with Crippen molar-refractivity contribution in [3.63, 3.8) is 0 Å². The highest BCUT2D eigenvalue weighted by Crippen LogP contribution is 2.07. The van der Waals surface area contributed by atoms with Crippen LogP contribution in [-0.2, 0) is 13.1 Å². The zero-order valence-corrected chi connectivity index (χ0v) is 14.8. The molecular formula is C18H32N4. The first-order chi connectivity index (χ1) is 10.6. The maximum absolute atomic E-state index is 4.30. The Kier molecular flexibility index (Phi) is 8.60. The van der Waals surface area contributed by atoms with Gasteiger partial charge in [-0.25, -0.2) is 0 Å². The monoisotopic (exact) mass is 304 g/mol. The van der Waals surface area contributed by atoms with Gasteiger partial charge in [-0.15, -0.1) is 0 Å². The first kappa shape index (κ1) is 18.5. The molecule has 22 heavy (non-hydrogen) atoms. The number of benzene rings is 1. The molecule has 124 valence electrons. The first-order valence-corrected chi connectivity index (χ1v) is 8.26. The van der Waals surface area contributed by atoms with Gasteiger partial charge in [0.1, 0.15) is 0 Å². The van der Waals surface area contributed by atoms with Crippen LogP contribution in [0, 0.1) is 5.92 Å². The van der Waals surface area contributed by atoms with Gasteiger partial charge >= 0.3 is 0 Å². The van der Waals surface area contributed by atoms with Crippen LogP contribution in [0.2, 0.25) is 0 Å². The average molecular weight is 304 g/mol. The molecule has 0 saturated carbocycles. The van der Waals surface area contributed by atoms with E-state index in [-0.39, 0.29) is 0 Å². The molecule has 0 radical (unpaired) electrons. The zero-order valence-electron chi connectivity index (χ0n) is 14.8. The number of hydrogen-bond acceptors (Lipinski definition) is 2. The lowest BCUT2D eigenvalue weighted by Crippen LogP contribution is -2.39. The third-order valence-electron chi connectivity index (χ3n) is 3.89. The highest BCUT2D eigenvalue weighted by Gasteiger charge is 2.05. The molecule has 4 heteroatoms. The Bertz CT molecular complexity index is 450. The van der Waals surface area contributed by atoms with Crippen molar-refractivity contribution < 1.29 is 0 Å². The molecule has 2 N–H and O–H groups in total. The molecule has 0 heterocycles. The third-order valence-corrected chi connectivity index (χ3v) is 3.89. The van der Waals surface area contributed by atoms with E-state index in [1.54, 1.807) is 0 Å². The van der Waals surface area contributed by atoms with Crippen LogP contribution in [0.15, 0.2) is 29.3 Å². The van der Waals surface area contributed by atoms with E-state index < -0.39 is 0 Å². The van der Waals surface area contributed by atoms with Crippen molar-refractivity contribution in [1.82, 2.24) is 15.5 Å². The number of rotatable bonds is 8. The standard InChI is InChI=1S/C18H32N4/c1-6-15(7-2)12-20-18(19-3)21-13-16-9-8-10-17(11-16)14-22(4)5/h8-11,15H,6-7,12-14H2,1-5H3,(H2,19,20,21). The second-order valence-corrected chi connectivity index (χ2v) is 6.05. The van der Waals surface area contributed by atoms with Gasteiger partial charge in [0, 0.05) is 26.7 Å². The van der Waals surface area contributed by atoms with Gasteiger partial charge in [0.2, 0.25) is 0 Å².